The third kappa shape index (κ3) is 2.44. The molecule has 0 bridgehead atoms. The van der Waals surface area contributed by atoms with Crippen molar-refractivity contribution >= 4 is 5.97 Å². The third-order valence-electron chi connectivity index (χ3n) is 3.30. The molecule has 0 saturated heterocycles. The summed E-state index contributed by atoms with van der Waals surface area (Å²) in [6, 6.07) is 0. The zero-order valence-corrected chi connectivity index (χ0v) is 8.47. The minimum Gasteiger partial charge on any atom is -0.480 e. The largest absolute Gasteiger partial charge is 0.480 e. The molecule has 0 radical (unpaired) electrons. The summed E-state index contributed by atoms with van der Waals surface area (Å²) in [6.07, 6.45) is 5.25. The van der Waals surface area contributed by atoms with Crippen LogP contribution >= 0.6 is 0 Å². The number of carboxylic acid groups (broad SMARTS) is 1. The van der Waals surface area contributed by atoms with Crippen LogP contribution in [0, 0.1) is 5.41 Å². The van der Waals surface area contributed by atoms with Crippen molar-refractivity contribution in [3.63, 3.8) is 0 Å². The lowest BCUT2D eigenvalue weighted by atomic mass is 9.66. The molecule has 1 fully saturated rings. The first-order chi connectivity index (χ1) is 5.86. The maximum atomic E-state index is 10.7. The molecule has 1 rings (SSSR count). The summed E-state index contributed by atoms with van der Waals surface area (Å²) in [5.74, 6) is -0.893. The quantitative estimate of drug-likeness (QED) is 0.701. The molecule has 3 N–H and O–H groups in total. The smallest absolute Gasteiger partial charge is 0.323 e. The number of carbonyl (C=O) groups is 1. The van der Waals surface area contributed by atoms with E-state index in [1.807, 2.05) is 0 Å². The molecule has 0 aliphatic heterocycles. The summed E-state index contributed by atoms with van der Waals surface area (Å²) < 4.78 is 0. The van der Waals surface area contributed by atoms with Crippen LogP contribution in [0.1, 0.15) is 46.0 Å². The van der Waals surface area contributed by atoms with Gasteiger partial charge in [0.25, 0.3) is 0 Å². The zero-order chi connectivity index (χ0) is 10.1. The van der Waals surface area contributed by atoms with Crippen molar-refractivity contribution < 1.29 is 9.90 Å². The number of hydrogen-bond acceptors (Lipinski definition) is 2. The molecule has 3 heteroatoms. The van der Waals surface area contributed by atoms with Gasteiger partial charge in [-0.3, -0.25) is 4.79 Å². The van der Waals surface area contributed by atoms with E-state index in [9.17, 15) is 4.79 Å². The molecule has 0 heterocycles. The van der Waals surface area contributed by atoms with E-state index in [1.165, 1.54) is 19.3 Å². The first kappa shape index (κ1) is 10.5. The fraction of sp³-hybridized carbons (Fsp3) is 0.900. The van der Waals surface area contributed by atoms with Gasteiger partial charge in [0.15, 0.2) is 0 Å². The monoisotopic (exact) mass is 185 g/mol. The molecule has 1 aliphatic carbocycles. The Morgan fingerprint density at radius 3 is 2.46 bits per heavy atom. The fourth-order valence-electron chi connectivity index (χ4n) is 1.70. The van der Waals surface area contributed by atoms with Crippen molar-refractivity contribution in [1.82, 2.24) is 0 Å². The predicted octanol–water partition coefficient (Wildman–Crippen LogP) is 1.76. The lowest BCUT2D eigenvalue weighted by molar-refractivity contribution is -0.143. The van der Waals surface area contributed by atoms with Crippen LogP contribution in [0.4, 0.5) is 0 Å². The lowest BCUT2D eigenvalue weighted by Crippen LogP contribution is -2.46. The predicted molar refractivity (Wildman–Crippen MR) is 51.4 cm³/mol. The molecule has 1 saturated carbocycles. The Bertz CT molecular complexity index is 207. The summed E-state index contributed by atoms with van der Waals surface area (Å²) in [5, 5.41) is 8.80. The van der Waals surface area contributed by atoms with Gasteiger partial charge in [0.2, 0.25) is 0 Å². The van der Waals surface area contributed by atoms with Crippen molar-refractivity contribution in [3.05, 3.63) is 0 Å². The van der Waals surface area contributed by atoms with Gasteiger partial charge < -0.3 is 10.8 Å². The maximum absolute atomic E-state index is 10.7. The summed E-state index contributed by atoms with van der Waals surface area (Å²) >= 11 is 0. The van der Waals surface area contributed by atoms with Crippen LogP contribution in [0.3, 0.4) is 0 Å². The van der Waals surface area contributed by atoms with Gasteiger partial charge >= 0.3 is 5.97 Å². The summed E-state index contributed by atoms with van der Waals surface area (Å²) in [6.45, 7) is 3.81. The summed E-state index contributed by atoms with van der Waals surface area (Å²) in [4.78, 5) is 10.7. The molecule has 0 aromatic heterocycles. The number of nitrogens with two attached hydrogens (primary N) is 1. The molecule has 1 unspecified atom stereocenters. The van der Waals surface area contributed by atoms with Crippen LogP contribution in [-0.4, -0.2) is 16.6 Å². The van der Waals surface area contributed by atoms with E-state index in [-0.39, 0.29) is 0 Å². The molecule has 0 aromatic carbocycles. The molecule has 76 valence electrons. The number of rotatable bonds is 4. The summed E-state index contributed by atoms with van der Waals surface area (Å²) in [7, 11) is 0. The normalized spacial score (nSPS) is 24.5. The number of hydrogen-bond donors (Lipinski definition) is 2. The van der Waals surface area contributed by atoms with Crippen LogP contribution in [-0.2, 0) is 4.79 Å². The topological polar surface area (TPSA) is 63.3 Å². The van der Waals surface area contributed by atoms with Gasteiger partial charge in [0.05, 0.1) is 0 Å². The Morgan fingerprint density at radius 1 is 1.62 bits per heavy atom. The minimum absolute atomic E-state index is 0.371. The van der Waals surface area contributed by atoms with Gasteiger partial charge in [0, 0.05) is 0 Å². The van der Waals surface area contributed by atoms with Gasteiger partial charge in [-0.15, -0.1) is 0 Å². The standard InChI is InChI=1S/C10H19NO2/c1-9(4-3-5-9)6-7-10(2,11)8(12)13/h3-7,11H2,1-2H3,(H,12,13). The van der Waals surface area contributed by atoms with E-state index in [0.29, 0.717) is 11.8 Å². The van der Waals surface area contributed by atoms with E-state index in [1.54, 1.807) is 6.92 Å². The first-order valence-corrected chi connectivity index (χ1v) is 4.88. The van der Waals surface area contributed by atoms with Gasteiger partial charge in [-0.2, -0.15) is 0 Å². The first-order valence-electron chi connectivity index (χ1n) is 4.88. The second kappa shape index (κ2) is 3.29. The lowest BCUT2D eigenvalue weighted by Gasteiger charge is -2.40. The molecule has 0 amide bonds. The highest BCUT2D eigenvalue weighted by Crippen LogP contribution is 2.44. The highest BCUT2D eigenvalue weighted by atomic mass is 16.4. The molecule has 0 spiro atoms. The van der Waals surface area contributed by atoms with Crippen molar-refractivity contribution in [3.8, 4) is 0 Å². The average molecular weight is 185 g/mol. The van der Waals surface area contributed by atoms with E-state index in [4.69, 9.17) is 10.8 Å². The van der Waals surface area contributed by atoms with E-state index < -0.39 is 11.5 Å². The second-order valence-electron chi connectivity index (χ2n) is 4.89. The maximum Gasteiger partial charge on any atom is 0.323 e. The highest BCUT2D eigenvalue weighted by Gasteiger charge is 2.36. The van der Waals surface area contributed by atoms with Gasteiger partial charge in [-0.1, -0.05) is 13.3 Å². The zero-order valence-electron chi connectivity index (χ0n) is 8.47. The number of carboxylic acids is 1. The van der Waals surface area contributed by atoms with Crippen molar-refractivity contribution in [2.24, 2.45) is 11.1 Å². The molecule has 1 atom stereocenters. The Balaban J connectivity index is 2.37. The van der Waals surface area contributed by atoms with Crippen molar-refractivity contribution in [2.45, 2.75) is 51.5 Å². The minimum atomic E-state index is -1.04. The molecular formula is C10H19NO2. The SMILES string of the molecule is CC1(CCC(C)(N)C(=O)O)CCC1. The third-order valence-corrected chi connectivity index (χ3v) is 3.30. The van der Waals surface area contributed by atoms with Crippen LogP contribution in [0.15, 0.2) is 0 Å². The van der Waals surface area contributed by atoms with E-state index in [0.717, 1.165) is 6.42 Å². The highest BCUT2D eigenvalue weighted by molar-refractivity contribution is 5.77. The molecular weight excluding hydrogens is 166 g/mol. The van der Waals surface area contributed by atoms with Crippen molar-refractivity contribution in [2.75, 3.05) is 0 Å². The van der Waals surface area contributed by atoms with Crippen LogP contribution in [0.5, 0.6) is 0 Å². The van der Waals surface area contributed by atoms with Crippen LogP contribution in [0.2, 0.25) is 0 Å². The molecule has 13 heavy (non-hydrogen) atoms. The summed E-state index contributed by atoms with van der Waals surface area (Å²) in [5.41, 5.74) is 4.97. The fourth-order valence-corrected chi connectivity index (χ4v) is 1.70. The molecule has 1 aliphatic rings. The average Bonchev–Trinajstić information content (AvgIpc) is 1.97. The van der Waals surface area contributed by atoms with Crippen LogP contribution < -0.4 is 5.73 Å². The Kier molecular flexibility index (Phi) is 2.66. The second-order valence-corrected chi connectivity index (χ2v) is 4.89. The van der Waals surface area contributed by atoms with Crippen LogP contribution in [0.25, 0.3) is 0 Å². The Morgan fingerprint density at radius 2 is 2.15 bits per heavy atom. The van der Waals surface area contributed by atoms with Gasteiger partial charge in [0.1, 0.15) is 5.54 Å². The van der Waals surface area contributed by atoms with Gasteiger partial charge in [-0.05, 0) is 38.0 Å². The van der Waals surface area contributed by atoms with E-state index >= 15 is 0 Å². The van der Waals surface area contributed by atoms with E-state index in [2.05, 4.69) is 6.92 Å². The molecule has 0 aromatic rings. The Hall–Kier alpha value is -0.570. The van der Waals surface area contributed by atoms with Gasteiger partial charge in [-0.25, -0.2) is 0 Å². The van der Waals surface area contributed by atoms with Crippen molar-refractivity contribution in [1.29, 1.82) is 0 Å². The molecule has 3 nitrogen and oxygen atoms in total. The Labute approximate surface area is 79.3 Å². The number of aliphatic carboxylic acids is 1.